The van der Waals surface area contributed by atoms with Crippen LogP contribution in [-0.4, -0.2) is 12.4 Å². The van der Waals surface area contributed by atoms with Gasteiger partial charge in [-0.1, -0.05) is 31.9 Å². The van der Waals surface area contributed by atoms with Crippen LogP contribution in [0.15, 0.2) is 24.3 Å². The van der Waals surface area contributed by atoms with Gasteiger partial charge in [0, 0.05) is 0 Å². The number of hydrogen-bond acceptors (Lipinski definition) is 2. The normalized spacial score (nSPS) is 24.3. The number of para-hydroxylation sites is 1. The van der Waals surface area contributed by atoms with Crippen LogP contribution in [0.25, 0.3) is 0 Å². The molecule has 0 saturated heterocycles. The molecule has 1 fully saturated rings. The third kappa shape index (κ3) is 3.09. The highest BCUT2D eigenvalue weighted by molar-refractivity contribution is 5.79. The van der Waals surface area contributed by atoms with E-state index in [0.717, 1.165) is 30.8 Å². The highest BCUT2D eigenvalue weighted by Crippen LogP contribution is 2.30. The highest BCUT2D eigenvalue weighted by atomic mass is 16.5. The average Bonchev–Trinajstić information content (AvgIpc) is 2.39. The minimum atomic E-state index is 0.287. The third-order valence-electron chi connectivity index (χ3n) is 3.65. The van der Waals surface area contributed by atoms with Crippen molar-refractivity contribution in [2.24, 2.45) is 5.92 Å². The van der Waals surface area contributed by atoms with E-state index in [4.69, 9.17) is 4.74 Å². The number of aldehydes is 1. The maximum atomic E-state index is 10.9. The van der Waals surface area contributed by atoms with Crippen LogP contribution in [0.3, 0.4) is 0 Å². The molecule has 2 nitrogen and oxygen atoms in total. The molecule has 2 heteroatoms. The molecule has 2 unspecified atom stereocenters. The van der Waals surface area contributed by atoms with Crippen molar-refractivity contribution in [3.8, 4) is 5.75 Å². The molecule has 1 saturated carbocycles. The maximum Gasteiger partial charge on any atom is 0.153 e. The average molecular weight is 232 g/mol. The fourth-order valence-corrected chi connectivity index (χ4v) is 2.58. The Morgan fingerprint density at radius 3 is 2.94 bits per heavy atom. The van der Waals surface area contributed by atoms with Crippen LogP contribution in [-0.2, 0) is 0 Å². The molecule has 1 aliphatic carbocycles. The Morgan fingerprint density at radius 2 is 2.18 bits per heavy atom. The quantitative estimate of drug-likeness (QED) is 0.737. The number of carbonyl (C=O) groups is 1. The lowest BCUT2D eigenvalue weighted by molar-refractivity contribution is 0.108. The minimum Gasteiger partial charge on any atom is -0.490 e. The molecule has 1 aliphatic rings. The molecular formula is C15H20O2. The first-order chi connectivity index (χ1) is 8.33. The van der Waals surface area contributed by atoms with E-state index >= 15 is 0 Å². The van der Waals surface area contributed by atoms with E-state index in [2.05, 4.69) is 6.92 Å². The summed E-state index contributed by atoms with van der Waals surface area (Å²) < 4.78 is 5.98. The van der Waals surface area contributed by atoms with Crippen molar-refractivity contribution >= 4 is 6.29 Å². The topological polar surface area (TPSA) is 26.3 Å². The fourth-order valence-electron chi connectivity index (χ4n) is 2.58. The smallest absolute Gasteiger partial charge is 0.153 e. The number of benzene rings is 1. The number of carbonyl (C=O) groups excluding carboxylic acids is 1. The van der Waals surface area contributed by atoms with Crippen LogP contribution in [0, 0.1) is 5.92 Å². The maximum absolute atomic E-state index is 10.9. The van der Waals surface area contributed by atoms with Crippen molar-refractivity contribution in [2.75, 3.05) is 0 Å². The first-order valence-electron chi connectivity index (χ1n) is 6.54. The van der Waals surface area contributed by atoms with Crippen molar-refractivity contribution in [3.63, 3.8) is 0 Å². The molecule has 0 bridgehead atoms. The van der Waals surface area contributed by atoms with Crippen LogP contribution in [0.4, 0.5) is 0 Å². The van der Waals surface area contributed by atoms with Crippen molar-refractivity contribution in [1.29, 1.82) is 0 Å². The predicted octanol–water partition coefficient (Wildman–Crippen LogP) is 3.85. The second-order valence-electron chi connectivity index (χ2n) is 4.84. The van der Waals surface area contributed by atoms with Crippen LogP contribution in [0.5, 0.6) is 5.75 Å². The highest BCUT2D eigenvalue weighted by Gasteiger charge is 2.22. The first kappa shape index (κ1) is 12.2. The van der Waals surface area contributed by atoms with Crippen molar-refractivity contribution < 1.29 is 9.53 Å². The molecule has 0 aliphatic heterocycles. The monoisotopic (exact) mass is 232 g/mol. The lowest BCUT2D eigenvalue weighted by Crippen LogP contribution is -2.25. The number of hydrogen-bond donors (Lipinski definition) is 0. The van der Waals surface area contributed by atoms with Gasteiger partial charge in [0.1, 0.15) is 5.75 Å². The summed E-state index contributed by atoms with van der Waals surface area (Å²) >= 11 is 0. The number of rotatable bonds is 4. The van der Waals surface area contributed by atoms with Gasteiger partial charge in [0.25, 0.3) is 0 Å². The summed E-state index contributed by atoms with van der Waals surface area (Å²) in [5, 5.41) is 0. The Balaban J connectivity index is 2.02. The van der Waals surface area contributed by atoms with Gasteiger partial charge < -0.3 is 4.74 Å². The molecule has 92 valence electrons. The summed E-state index contributed by atoms with van der Waals surface area (Å²) in [6, 6.07) is 7.48. The molecule has 0 radical (unpaired) electrons. The molecule has 1 aromatic rings. The van der Waals surface area contributed by atoms with Gasteiger partial charge in [-0.3, -0.25) is 4.79 Å². The second-order valence-corrected chi connectivity index (χ2v) is 4.84. The summed E-state index contributed by atoms with van der Waals surface area (Å²) in [7, 11) is 0. The molecule has 2 rings (SSSR count). The molecule has 1 aromatic carbocycles. The number of ether oxygens (including phenoxy) is 1. The van der Waals surface area contributed by atoms with Crippen molar-refractivity contribution in [2.45, 2.75) is 45.1 Å². The zero-order valence-corrected chi connectivity index (χ0v) is 10.4. The molecular weight excluding hydrogens is 212 g/mol. The van der Waals surface area contributed by atoms with Crippen LogP contribution in [0.2, 0.25) is 0 Å². The zero-order valence-electron chi connectivity index (χ0n) is 10.4. The lowest BCUT2D eigenvalue weighted by Gasteiger charge is -2.29. The van der Waals surface area contributed by atoms with Gasteiger partial charge in [-0.05, 0) is 37.3 Å². The summed E-state index contributed by atoms with van der Waals surface area (Å²) in [6.45, 7) is 2.24. The van der Waals surface area contributed by atoms with Gasteiger partial charge in [-0.15, -0.1) is 0 Å². The Bertz CT molecular complexity index is 373. The zero-order chi connectivity index (χ0) is 12.1. The summed E-state index contributed by atoms with van der Waals surface area (Å²) in [5.74, 6) is 1.53. The third-order valence-corrected chi connectivity index (χ3v) is 3.65. The molecule has 2 atom stereocenters. The largest absolute Gasteiger partial charge is 0.490 e. The minimum absolute atomic E-state index is 0.287. The second kappa shape index (κ2) is 5.85. The van der Waals surface area contributed by atoms with Crippen molar-refractivity contribution in [1.82, 2.24) is 0 Å². The summed E-state index contributed by atoms with van der Waals surface area (Å²) in [4.78, 5) is 10.9. The van der Waals surface area contributed by atoms with Gasteiger partial charge in [-0.2, -0.15) is 0 Å². The van der Waals surface area contributed by atoms with Crippen LogP contribution in [0.1, 0.15) is 49.4 Å². The lowest BCUT2D eigenvalue weighted by atomic mass is 9.85. The first-order valence-corrected chi connectivity index (χ1v) is 6.54. The Kier molecular flexibility index (Phi) is 4.18. The van der Waals surface area contributed by atoms with Gasteiger partial charge in [0.15, 0.2) is 6.29 Å². The predicted molar refractivity (Wildman–Crippen MR) is 68.5 cm³/mol. The van der Waals surface area contributed by atoms with E-state index in [9.17, 15) is 4.79 Å². The van der Waals surface area contributed by atoms with Gasteiger partial charge in [0.2, 0.25) is 0 Å². The van der Waals surface area contributed by atoms with Gasteiger partial charge in [-0.25, -0.2) is 0 Å². The van der Waals surface area contributed by atoms with Crippen LogP contribution < -0.4 is 4.74 Å². The van der Waals surface area contributed by atoms with E-state index in [1.807, 2.05) is 24.3 Å². The molecule has 0 aromatic heterocycles. The van der Waals surface area contributed by atoms with Crippen LogP contribution >= 0.6 is 0 Å². The van der Waals surface area contributed by atoms with E-state index in [-0.39, 0.29) is 6.10 Å². The van der Waals surface area contributed by atoms with E-state index in [1.165, 1.54) is 19.3 Å². The van der Waals surface area contributed by atoms with Gasteiger partial charge in [0.05, 0.1) is 11.7 Å². The molecule has 0 heterocycles. The van der Waals surface area contributed by atoms with E-state index in [1.54, 1.807) is 0 Å². The fraction of sp³-hybridized carbons (Fsp3) is 0.533. The van der Waals surface area contributed by atoms with E-state index < -0.39 is 0 Å². The Morgan fingerprint density at radius 1 is 1.35 bits per heavy atom. The van der Waals surface area contributed by atoms with E-state index in [0.29, 0.717) is 5.56 Å². The molecule has 0 N–H and O–H groups in total. The molecule has 17 heavy (non-hydrogen) atoms. The summed E-state index contributed by atoms with van der Waals surface area (Å²) in [6.07, 6.45) is 7.20. The van der Waals surface area contributed by atoms with Gasteiger partial charge >= 0.3 is 0 Å². The standard InChI is InChI=1S/C15H20O2/c1-2-12-6-5-8-14(10-12)17-15-9-4-3-7-13(15)11-16/h3-4,7,9,11-12,14H,2,5-6,8,10H2,1H3. The van der Waals surface area contributed by atoms with Crippen molar-refractivity contribution in [3.05, 3.63) is 29.8 Å². The molecule has 0 amide bonds. The Labute approximate surface area is 103 Å². The Hall–Kier alpha value is -1.31. The SMILES string of the molecule is CCC1CCCC(Oc2ccccc2C=O)C1. The summed E-state index contributed by atoms with van der Waals surface area (Å²) in [5.41, 5.74) is 0.658. The molecule has 0 spiro atoms.